The molecule has 0 unspecified atom stereocenters. The van der Waals surface area contributed by atoms with E-state index in [2.05, 4.69) is 0 Å². The van der Waals surface area contributed by atoms with Gasteiger partial charge in [0, 0.05) is 17.7 Å². The molecule has 20 heavy (non-hydrogen) atoms. The molecule has 0 bridgehead atoms. The lowest BCUT2D eigenvalue weighted by Gasteiger charge is -2.05. The van der Waals surface area contributed by atoms with Crippen LogP contribution >= 0.6 is 0 Å². The van der Waals surface area contributed by atoms with Crippen molar-refractivity contribution in [3.63, 3.8) is 0 Å². The third kappa shape index (κ3) is 2.46. The van der Waals surface area contributed by atoms with Crippen molar-refractivity contribution in [3.05, 3.63) is 63.7 Å². The third-order valence-electron chi connectivity index (χ3n) is 2.64. The van der Waals surface area contributed by atoms with E-state index in [1.54, 1.807) is 0 Å². The summed E-state index contributed by atoms with van der Waals surface area (Å²) in [7, 11) is 0. The maximum atomic E-state index is 13.7. The molecule has 0 amide bonds. The molecule has 0 aliphatic carbocycles. The van der Waals surface area contributed by atoms with Crippen LogP contribution in [0.5, 0.6) is 0 Å². The average molecular weight is 279 g/mol. The summed E-state index contributed by atoms with van der Waals surface area (Å²) >= 11 is 0. The van der Waals surface area contributed by atoms with Crippen LogP contribution in [0.15, 0.2) is 36.4 Å². The molecule has 2 rings (SSSR count). The number of aromatic carboxylic acids is 1. The number of hydrogen-bond acceptors (Lipinski definition) is 3. The Morgan fingerprint density at radius 1 is 1.20 bits per heavy atom. The van der Waals surface area contributed by atoms with E-state index < -0.39 is 28.2 Å². The first-order valence-electron chi connectivity index (χ1n) is 5.37. The lowest BCUT2D eigenvalue weighted by Crippen LogP contribution is -2.00. The maximum absolute atomic E-state index is 13.7. The number of carboxylic acid groups (broad SMARTS) is 1. The van der Waals surface area contributed by atoms with Crippen molar-refractivity contribution in [1.82, 2.24) is 0 Å². The molecule has 2 aromatic rings. The van der Waals surface area contributed by atoms with Crippen LogP contribution in [0.25, 0.3) is 11.1 Å². The van der Waals surface area contributed by atoms with Gasteiger partial charge in [-0.2, -0.15) is 0 Å². The predicted molar refractivity (Wildman–Crippen MR) is 65.4 cm³/mol. The van der Waals surface area contributed by atoms with Crippen molar-refractivity contribution in [3.8, 4) is 11.1 Å². The van der Waals surface area contributed by atoms with E-state index in [0.29, 0.717) is 0 Å². The molecular weight excluding hydrogens is 272 g/mol. The SMILES string of the molecule is O=C(O)c1cc(-c2cccc(F)c2F)cc([N+](=O)[O-])c1. The van der Waals surface area contributed by atoms with Crippen LogP contribution in [0.3, 0.4) is 0 Å². The number of hydrogen-bond donors (Lipinski definition) is 1. The second-order valence-electron chi connectivity index (χ2n) is 3.93. The summed E-state index contributed by atoms with van der Waals surface area (Å²) in [6.45, 7) is 0. The van der Waals surface area contributed by atoms with Crippen molar-refractivity contribution in [2.75, 3.05) is 0 Å². The Morgan fingerprint density at radius 2 is 1.90 bits per heavy atom. The standard InChI is InChI=1S/C13H7F2NO4/c14-11-3-1-2-10(12(11)15)7-4-8(13(17)18)6-9(5-7)16(19)20/h1-6H,(H,17,18). The highest BCUT2D eigenvalue weighted by atomic mass is 19.2. The molecule has 0 atom stereocenters. The zero-order chi connectivity index (χ0) is 14.9. The van der Waals surface area contributed by atoms with E-state index in [9.17, 15) is 23.7 Å². The van der Waals surface area contributed by atoms with Crippen molar-refractivity contribution >= 4 is 11.7 Å². The molecule has 102 valence electrons. The topological polar surface area (TPSA) is 80.4 Å². The second-order valence-corrected chi connectivity index (χ2v) is 3.93. The first-order chi connectivity index (χ1) is 9.40. The van der Waals surface area contributed by atoms with E-state index in [4.69, 9.17) is 5.11 Å². The molecule has 0 saturated heterocycles. The van der Waals surface area contributed by atoms with Gasteiger partial charge in [-0.3, -0.25) is 10.1 Å². The summed E-state index contributed by atoms with van der Waals surface area (Å²) in [6.07, 6.45) is 0. The smallest absolute Gasteiger partial charge is 0.335 e. The van der Waals surface area contributed by atoms with Gasteiger partial charge in [0.05, 0.1) is 10.5 Å². The van der Waals surface area contributed by atoms with Crippen LogP contribution in [0.2, 0.25) is 0 Å². The largest absolute Gasteiger partial charge is 0.478 e. The number of rotatable bonds is 3. The molecule has 0 aromatic heterocycles. The molecule has 5 nitrogen and oxygen atoms in total. The molecule has 1 N–H and O–H groups in total. The minimum absolute atomic E-state index is 0.0754. The maximum Gasteiger partial charge on any atom is 0.335 e. The number of carboxylic acids is 1. The van der Waals surface area contributed by atoms with E-state index >= 15 is 0 Å². The summed E-state index contributed by atoms with van der Waals surface area (Å²) in [5.41, 5.74) is -1.20. The first kappa shape index (κ1) is 13.6. The molecule has 0 saturated carbocycles. The Kier molecular flexibility index (Phi) is 3.43. The van der Waals surface area contributed by atoms with Gasteiger partial charge >= 0.3 is 5.97 Å². The zero-order valence-electron chi connectivity index (χ0n) is 9.84. The Balaban J connectivity index is 2.70. The fraction of sp³-hybridized carbons (Fsp3) is 0. The molecule has 0 heterocycles. The number of non-ortho nitro benzene ring substituents is 1. The van der Waals surface area contributed by atoms with Crippen LogP contribution in [0, 0.1) is 21.7 Å². The van der Waals surface area contributed by atoms with Crippen molar-refractivity contribution in [2.24, 2.45) is 0 Å². The second kappa shape index (κ2) is 5.04. The summed E-state index contributed by atoms with van der Waals surface area (Å²) in [5, 5.41) is 19.7. The van der Waals surface area contributed by atoms with Gasteiger partial charge in [0.25, 0.3) is 5.69 Å². The van der Waals surface area contributed by atoms with E-state index in [0.717, 1.165) is 24.3 Å². The molecule has 7 heteroatoms. The molecule has 0 fully saturated rings. The Hall–Kier alpha value is -2.83. The lowest BCUT2D eigenvalue weighted by molar-refractivity contribution is -0.384. The van der Waals surface area contributed by atoms with Gasteiger partial charge in [-0.25, -0.2) is 13.6 Å². The van der Waals surface area contributed by atoms with E-state index in [1.165, 1.54) is 12.1 Å². The number of benzene rings is 2. The first-order valence-corrected chi connectivity index (χ1v) is 5.37. The monoisotopic (exact) mass is 279 g/mol. The molecule has 0 spiro atoms. The summed E-state index contributed by atoms with van der Waals surface area (Å²) in [6, 6.07) is 6.23. The van der Waals surface area contributed by atoms with Crippen LogP contribution in [0.4, 0.5) is 14.5 Å². The van der Waals surface area contributed by atoms with Crippen molar-refractivity contribution in [1.29, 1.82) is 0 Å². The van der Waals surface area contributed by atoms with Gasteiger partial charge in [0.15, 0.2) is 11.6 Å². The summed E-state index contributed by atoms with van der Waals surface area (Å²) in [5.74, 6) is -3.71. The zero-order valence-corrected chi connectivity index (χ0v) is 9.84. The summed E-state index contributed by atoms with van der Waals surface area (Å²) in [4.78, 5) is 20.9. The minimum atomic E-state index is -1.40. The molecular formula is C13H7F2NO4. The van der Waals surface area contributed by atoms with Crippen LogP contribution in [0.1, 0.15) is 10.4 Å². The quantitative estimate of drug-likeness (QED) is 0.690. The molecule has 0 aliphatic rings. The van der Waals surface area contributed by atoms with Crippen LogP contribution in [-0.4, -0.2) is 16.0 Å². The highest BCUT2D eigenvalue weighted by Crippen LogP contribution is 2.29. The number of nitrogens with zero attached hydrogens (tertiary/aromatic N) is 1. The van der Waals surface area contributed by atoms with Gasteiger partial charge in [0.2, 0.25) is 0 Å². The Bertz CT molecular complexity index is 683. The van der Waals surface area contributed by atoms with Gasteiger partial charge in [-0.15, -0.1) is 0 Å². The molecule has 0 radical (unpaired) electrons. The van der Waals surface area contributed by atoms with Gasteiger partial charge < -0.3 is 5.11 Å². The molecule has 2 aromatic carbocycles. The number of nitro groups is 1. The molecule has 0 aliphatic heterocycles. The van der Waals surface area contributed by atoms with Gasteiger partial charge in [-0.1, -0.05) is 12.1 Å². The predicted octanol–water partition coefficient (Wildman–Crippen LogP) is 3.24. The van der Waals surface area contributed by atoms with E-state index in [-0.39, 0.29) is 16.7 Å². The summed E-state index contributed by atoms with van der Waals surface area (Å²) < 4.78 is 26.8. The van der Waals surface area contributed by atoms with E-state index in [1.807, 2.05) is 0 Å². The minimum Gasteiger partial charge on any atom is -0.478 e. The number of nitro benzene ring substituents is 1. The number of carbonyl (C=O) groups is 1. The van der Waals surface area contributed by atoms with Crippen LogP contribution in [-0.2, 0) is 0 Å². The third-order valence-corrected chi connectivity index (χ3v) is 2.64. The van der Waals surface area contributed by atoms with Gasteiger partial charge in [-0.05, 0) is 17.7 Å². The number of halogens is 2. The van der Waals surface area contributed by atoms with Crippen molar-refractivity contribution < 1.29 is 23.6 Å². The normalized spacial score (nSPS) is 10.3. The Morgan fingerprint density at radius 3 is 2.50 bits per heavy atom. The Labute approximate surface area is 111 Å². The average Bonchev–Trinajstić information content (AvgIpc) is 2.41. The van der Waals surface area contributed by atoms with Crippen molar-refractivity contribution in [2.45, 2.75) is 0 Å². The lowest BCUT2D eigenvalue weighted by atomic mass is 10.0. The fourth-order valence-electron chi connectivity index (χ4n) is 1.72. The van der Waals surface area contributed by atoms with Gasteiger partial charge in [0.1, 0.15) is 0 Å². The highest BCUT2D eigenvalue weighted by Gasteiger charge is 2.17. The highest BCUT2D eigenvalue weighted by molar-refractivity contribution is 5.90. The van der Waals surface area contributed by atoms with Crippen LogP contribution < -0.4 is 0 Å². The fourth-order valence-corrected chi connectivity index (χ4v) is 1.72.